The highest BCUT2D eigenvalue weighted by molar-refractivity contribution is 7.12. The maximum Gasteiger partial charge on any atom is 0.264 e. The smallest absolute Gasteiger partial charge is 0.264 e. The number of aromatic nitrogens is 2. The lowest BCUT2D eigenvalue weighted by atomic mass is 10.00. The van der Waals surface area contributed by atoms with Crippen LogP contribution in [0.4, 0.5) is 5.82 Å². The van der Waals surface area contributed by atoms with Gasteiger partial charge in [0.05, 0.1) is 4.88 Å². The fourth-order valence-corrected chi connectivity index (χ4v) is 5.01. The molecule has 0 aliphatic carbocycles. The molecule has 0 radical (unpaired) electrons. The van der Waals surface area contributed by atoms with E-state index in [1.807, 2.05) is 35.4 Å². The topological polar surface area (TPSA) is 69.6 Å². The lowest BCUT2D eigenvalue weighted by molar-refractivity contribution is -0.137. The minimum atomic E-state index is -0.344. The van der Waals surface area contributed by atoms with Crippen molar-refractivity contribution in [3.8, 4) is 0 Å². The number of thiophene rings is 1. The molecule has 2 aromatic rings. The van der Waals surface area contributed by atoms with Crippen LogP contribution in [-0.4, -0.2) is 70.3 Å². The van der Waals surface area contributed by atoms with Crippen LogP contribution >= 0.6 is 11.3 Å². The molecular weight excluding hydrogens is 410 g/mol. The zero-order valence-corrected chi connectivity index (χ0v) is 19.4. The predicted octanol–water partition coefficient (Wildman–Crippen LogP) is 3.31. The Morgan fingerprint density at radius 2 is 1.87 bits per heavy atom. The van der Waals surface area contributed by atoms with Crippen molar-refractivity contribution in [2.75, 3.05) is 37.6 Å². The Morgan fingerprint density at radius 3 is 2.55 bits per heavy atom. The third-order valence-corrected chi connectivity index (χ3v) is 6.93. The van der Waals surface area contributed by atoms with Crippen molar-refractivity contribution < 1.29 is 9.59 Å². The first-order chi connectivity index (χ1) is 14.9. The van der Waals surface area contributed by atoms with Crippen LogP contribution in [0.5, 0.6) is 0 Å². The Bertz CT molecular complexity index is 922. The van der Waals surface area contributed by atoms with Gasteiger partial charge in [-0.2, -0.15) is 0 Å². The van der Waals surface area contributed by atoms with Crippen LogP contribution in [0.15, 0.2) is 23.6 Å². The molecule has 31 heavy (non-hydrogen) atoms. The Labute approximate surface area is 188 Å². The molecule has 0 N–H and O–H groups in total. The number of hydrogen-bond donors (Lipinski definition) is 0. The first-order valence-corrected chi connectivity index (χ1v) is 12.1. The molecule has 2 aromatic heterocycles. The number of nitrogens with zero attached hydrogens (tertiary/aromatic N) is 5. The van der Waals surface area contributed by atoms with E-state index in [0.29, 0.717) is 24.5 Å². The van der Waals surface area contributed by atoms with Gasteiger partial charge in [-0.15, -0.1) is 11.3 Å². The molecule has 7 nitrogen and oxygen atoms in total. The van der Waals surface area contributed by atoms with Crippen LogP contribution in [0.1, 0.15) is 60.2 Å². The summed E-state index contributed by atoms with van der Waals surface area (Å²) < 4.78 is 0. The summed E-state index contributed by atoms with van der Waals surface area (Å²) in [5.74, 6) is 2.16. The van der Waals surface area contributed by atoms with Crippen LogP contribution in [0, 0.1) is 6.92 Å². The summed E-state index contributed by atoms with van der Waals surface area (Å²) in [4.78, 5) is 42.3. The van der Waals surface area contributed by atoms with Crippen LogP contribution in [0.3, 0.4) is 0 Å². The van der Waals surface area contributed by atoms with Crippen LogP contribution in [0.2, 0.25) is 0 Å². The van der Waals surface area contributed by atoms with Crippen molar-refractivity contribution in [3.05, 3.63) is 40.0 Å². The van der Waals surface area contributed by atoms with Gasteiger partial charge >= 0.3 is 0 Å². The first-order valence-electron chi connectivity index (χ1n) is 11.2. The number of piperazine rings is 1. The highest BCUT2D eigenvalue weighted by Gasteiger charge is 2.36. The monoisotopic (exact) mass is 441 g/mol. The van der Waals surface area contributed by atoms with E-state index in [-0.39, 0.29) is 23.8 Å². The molecule has 4 rings (SSSR count). The van der Waals surface area contributed by atoms with Crippen molar-refractivity contribution in [2.24, 2.45) is 0 Å². The third-order valence-electron chi connectivity index (χ3n) is 6.07. The van der Waals surface area contributed by atoms with E-state index in [4.69, 9.17) is 4.98 Å². The standard InChI is InChI=1S/C23H31N5O2S/c1-16(2)21-24-17(3)15-20(25-21)26-10-12-27(13-11-26)22(29)18-7-4-5-9-28(18)23(30)19-8-6-14-31-19/h6,8,14-16,18H,4-5,7,9-13H2,1-3H3. The zero-order chi connectivity index (χ0) is 22.0. The number of piperidine rings is 1. The second kappa shape index (κ2) is 9.34. The molecule has 1 unspecified atom stereocenters. The lowest BCUT2D eigenvalue weighted by Gasteiger charge is -2.41. The molecule has 2 saturated heterocycles. The van der Waals surface area contributed by atoms with Gasteiger partial charge in [-0.25, -0.2) is 9.97 Å². The molecule has 0 aromatic carbocycles. The minimum Gasteiger partial charge on any atom is -0.353 e. The van der Waals surface area contributed by atoms with Gasteiger partial charge in [-0.3, -0.25) is 9.59 Å². The fraction of sp³-hybridized carbons (Fsp3) is 0.565. The summed E-state index contributed by atoms with van der Waals surface area (Å²) >= 11 is 1.44. The molecule has 0 saturated carbocycles. The number of anilines is 1. The van der Waals surface area contributed by atoms with Gasteiger partial charge in [0.2, 0.25) is 5.91 Å². The maximum atomic E-state index is 13.4. The van der Waals surface area contributed by atoms with E-state index in [1.54, 1.807) is 4.90 Å². The molecule has 2 amide bonds. The van der Waals surface area contributed by atoms with Crippen LogP contribution in [0.25, 0.3) is 0 Å². The number of amides is 2. The highest BCUT2D eigenvalue weighted by atomic mass is 32.1. The summed E-state index contributed by atoms with van der Waals surface area (Å²) in [6, 6.07) is 5.41. The quantitative estimate of drug-likeness (QED) is 0.728. The van der Waals surface area contributed by atoms with Crippen molar-refractivity contribution in [1.29, 1.82) is 0 Å². The van der Waals surface area contributed by atoms with Gasteiger partial charge in [0.25, 0.3) is 5.91 Å². The Hall–Kier alpha value is -2.48. The summed E-state index contributed by atoms with van der Waals surface area (Å²) in [6.45, 7) is 9.64. The van der Waals surface area contributed by atoms with E-state index in [2.05, 4.69) is 23.7 Å². The second-order valence-electron chi connectivity index (χ2n) is 8.68. The summed E-state index contributed by atoms with van der Waals surface area (Å²) in [6.07, 6.45) is 2.70. The number of likely N-dealkylation sites (tertiary alicyclic amines) is 1. The molecule has 166 valence electrons. The number of carbonyl (C=O) groups is 2. The lowest BCUT2D eigenvalue weighted by Crippen LogP contribution is -2.57. The van der Waals surface area contributed by atoms with Crippen molar-refractivity contribution >= 4 is 29.0 Å². The van der Waals surface area contributed by atoms with Gasteiger partial charge in [-0.05, 0) is 37.6 Å². The largest absolute Gasteiger partial charge is 0.353 e. The number of rotatable bonds is 4. The highest BCUT2D eigenvalue weighted by Crippen LogP contribution is 2.24. The van der Waals surface area contributed by atoms with E-state index >= 15 is 0 Å². The predicted molar refractivity (Wildman–Crippen MR) is 123 cm³/mol. The number of aryl methyl sites for hydroxylation is 1. The SMILES string of the molecule is Cc1cc(N2CCN(C(=O)C3CCCCN3C(=O)c3cccs3)CC2)nc(C(C)C)n1. The number of carbonyl (C=O) groups excluding carboxylic acids is 2. The van der Waals surface area contributed by atoms with E-state index in [9.17, 15) is 9.59 Å². The van der Waals surface area contributed by atoms with Crippen LogP contribution < -0.4 is 4.90 Å². The molecule has 8 heteroatoms. The van der Waals surface area contributed by atoms with Gasteiger partial charge < -0.3 is 14.7 Å². The summed E-state index contributed by atoms with van der Waals surface area (Å²) in [7, 11) is 0. The Balaban J connectivity index is 1.42. The summed E-state index contributed by atoms with van der Waals surface area (Å²) in [5.41, 5.74) is 0.970. The third kappa shape index (κ3) is 4.74. The molecule has 1 atom stereocenters. The molecule has 4 heterocycles. The molecular formula is C23H31N5O2S. The van der Waals surface area contributed by atoms with E-state index in [0.717, 1.165) is 49.7 Å². The molecule has 0 spiro atoms. The molecule has 2 aliphatic rings. The van der Waals surface area contributed by atoms with E-state index in [1.165, 1.54) is 11.3 Å². The normalized spacial score (nSPS) is 19.7. The average molecular weight is 442 g/mol. The molecule has 0 bridgehead atoms. The fourth-order valence-electron chi connectivity index (χ4n) is 4.33. The van der Waals surface area contributed by atoms with Crippen molar-refractivity contribution in [3.63, 3.8) is 0 Å². The summed E-state index contributed by atoms with van der Waals surface area (Å²) in [5, 5.41) is 1.91. The molecule has 2 fully saturated rings. The van der Waals surface area contributed by atoms with Gasteiger partial charge in [0.1, 0.15) is 17.7 Å². The van der Waals surface area contributed by atoms with Gasteiger partial charge in [-0.1, -0.05) is 19.9 Å². The van der Waals surface area contributed by atoms with Crippen LogP contribution in [-0.2, 0) is 4.79 Å². The van der Waals surface area contributed by atoms with Gasteiger partial charge in [0.15, 0.2) is 0 Å². The van der Waals surface area contributed by atoms with Gasteiger partial charge in [0, 0.05) is 50.4 Å². The Kier molecular flexibility index (Phi) is 6.55. The molecule has 2 aliphatic heterocycles. The number of hydrogen-bond acceptors (Lipinski definition) is 6. The maximum absolute atomic E-state index is 13.4. The first kappa shape index (κ1) is 21.7. The van der Waals surface area contributed by atoms with E-state index < -0.39 is 0 Å². The van der Waals surface area contributed by atoms with Crippen molar-refractivity contribution in [2.45, 2.75) is 52.0 Å². The van der Waals surface area contributed by atoms with Crippen molar-refractivity contribution in [1.82, 2.24) is 19.8 Å². The minimum absolute atomic E-state index is 0.00985. The Morgan fingerprint density at radius 1 is 1.10 bits per heavy atom. The second-order valence-corrected chi connectivity index (χ2v) is 9.63. The zero-order valence-electron chi connectivity index (χ0n) is 18.6. The average Bonchev–Trinajstić information content (AvgIpc) is 3.33.